The Labute approximate surface area is 220 Å². The number of nitrogens with zero attached hydrogens (tertiary/aromatic N) is 5. The predicted molar refractivity (Wildman–Crippen MR) is 140 cm³/mol. The Balaban J connectivity index is 1.85. The van der Waals surface area contributed by atoms with Crippen LogP contribution in [-0.4, -0.2) is 103 Å². The summed E-state index contributed by atoms with van der Waals surface area (Å²) in [5.41, 5.74) is -0.911. The van der Waals surface area contributed by atoms with Crippen molar-refractivity contribution in [2.45, 2.75) is 76.8 Å². The minimum absolute atomic E-state index is 0.00553. The van der Waals surface area contributed by atoms with E-state index in [0.29, 0.717) is 51.4 Å². The highest BCUT2D eigenvalue weighted by Crippen LogP contribution is 2.29. The van der Waals surface area contributed by atoms with Crippen molar-refractivity contribution in [3.63, 3.8) is 0 Å². The molecule has 3 aliphatic rings. The zero-order valence-corrected chi connectivity index (χ0v) is 22.6. The molecule has 1 saturated carbocycles. The molecule has 0 spiro atoms. The molecule has 1 aliphatic carbocycles. The van der Waals surface area contributed by atoms with Crippen LogP contribution in [0.4, 0.5) is 4.79 Å². The Hall–Kier alpha value is -2.87. The lowest BCUT2D eigenvalue weighted by molar-refractivity contribution is -0.130. The van der Waals surface area contributed by atoms with E-state index >= 15 is 0 Å². The van der Waals surface area contributed by atoms with Crippen molar-refractivity contribution in [2.24, 2.45) is 10.9 Å². The van der Waals surface area contributed by atoms with E-state index in [2.05, 4.69) is 21.6 Å². The number of rotatable bonds is 6. The van der Waals surface area contributed by atoms with Gasteiger partial charge < -0.3 is 24.8 Å². The zero-order chi connectivity index (χ0) is 26.8. The van der Waals surface area contributed by atoms with Crippen LogP contribution in [0.2, 0.25) is 0 Å². The van der Waals surface area contributed by atoms with Gasteiger partial charge in [0.05, 0.1) is 12.7 Å². The lowest BCUT2D eigenvalue weighted by atomic mass is 9.84. The van der Waals surface area contributed by atoms with Gasteiger partial charge in [-0.2, -0.15) is 5.26 Å². The van der Waals surface area contributed by atoms with Crippen molar-refractivity contribution < 1.29 is 19.1 Å². The molecule has 3 fully saturated rings. The lowest BCUT2D eigenvalue weighted by Crippen LogP contribution is -2.57. The molecular weight excluding hydrogens is 474 g/mol. The van der Waals surface area contributed by atoms with Gasteiger partial charge in [0.1, 0.15) is 11.6 Å². The van der Waals surface area contributed by atoms with Crippen LogP contribution in [-0.2, 0) is 14.3 Å². The summed E-state index contributed by atoms with van der Waals surface area (Å²) in [6.45, 7) is 6.93. The first-order valence-corrected chi connectivity index (χ1v) is 13.7. The van der Waals surface area contributed by atoms with E-state index in [1.807, 2.05) is 11.9 Å². The van der Waals surface area contributed by atoms with Crippen LogP contribution < -0.4 is 10.6 Å². The smallest absolute Gasteiger partial charge is 0.413 e. The van der Waals surface area contributed by atoms with E-state index in [9.17, 15) is 19.6 Å². The molecule has 2 N–H and O–H groups in total. The third-order valence-corrected chi connectivity index (χ3v) is 7.79. The molecule has 206 valence electrons. The number of piperidine rings is 1. The highest BCUT2D eigenvalue weighted by atomic mass is 16.5. The molecule has 11 nitrogen and oxygen atoms in total. The number of likely N-dealkylation sites (tertiary alicyclic amines) is 1. The second-order valence-corrected chi connectivity index (χ2v) is 10.5. The normalized spacial score (nSPS) is 22.1. The molecule has 3 rings (SSSR count). The summed E-state index contributed by atoms with van der Waals surface area (Å²) in [7, 11) is 2.01. The summed E-state index contributed by atoms with van der Waals surface area (Å²) in [5.74, 6) is 0.377. The Morgan fingerprint density at radius 3 is 2.24 bits per heavy atom. The molecule has 3 amide bonds. The monoisotopic (exact) mass is 517 g/mol. The van der Waals surface area contributed by atoms with Gasteiger partial charge >= 0.3 is 6.09 Å². The van der Waals surface area contributed by atoms with Gasteiger partial charge in [0, 0.05) is 46.2 Å². The van der Waals surface area contributed by atoms with Gasteiger partial charge in [-0.05, 0) is 39.2 Å². The lowest BCUT2D eigenvalue weighted by Gasteiger charge is -2.38. The third kappa shape index (κ3) is 8.32. The van der Waals surface area contributed by atoms with Crippen molar-refractivity contribution in [3.8, 4) is 6.07 Å². The highest BCUT2D eigenvalue weighted by molar-refractivity contribution is 5.96. The number of alkyl carbamates (subject to hydrolysis) is 1. The Bertz CT molecular complexity index is 865. The van der Waals surface area contributed by atoms with Crippen molar-refractivity contribution in [1.82, 2.24) is 25.3 Å². The van der Waals surface area contributed by atoms with E-state index < -0.39 is 17.7 Å². The topological polar surface area (TPSA) is 130 Å². The van der Waals surface area contributed by atoms with Gasteiger partial charge in [0.25, 0.3) is 0 Å². The highest BCUT2D eigenvalue weighted by Gasteiger charge is 2.38. The molecule has 11 heteroatoms. The van der Waals surface area contributed by atoms with Crippen molar-refractivity contribution in [3.05, 3.63) is 0 Å². The fourth-order valence-electron chi connectivity index (χ4n) is 5.37. The van der Waals surface area contributed by atoms with Crippen LogP contribution in [0.15, 0.2) is 4.99 Å². The Morgan fingerprint density at radius 2 is 1.68 bits per heavy atom. The summed E-state index contributed by atoms with van der Waals surface area (Å²) in [6.07, 6.45) is 6.63. The van der Waals surface area contributed by atoms with Crippen LogP contribution in [0.5, 0.6) is 0 Å². The van der Waals surface area contributed by atoms with Gasteiger partial charge in [0.15, 0.2) is 0 Å². The van der Waals surface area contributed by atoms with E-state index in [0.717, 1.165) is 38.8 Å². The molecule has 2 aliphatic heterocycles. The van der Waals surface area contributed by atoms with Gasteiger partial charge in [-0.25, -0.2) is 9.79 Å². The molecular formula is C26H43N7O4. The van der Waals surface area contributed by atoms with Crippen LogP contribution in [0.25, 0.3) is 0 Å². The maximum atomic E-state index is 13.7. The zero-order valence-electron chi connectivity index (χ0n) is 22.6. The molecule has 37 heavy (non-hydrogen) atoms. The SMILES string of the molecule is CCOC(=O)NC(=NC(CC1CCCCC1)C(=O)NC1(C#N)CCN(C)CC1)N1CCN(C(C)=O)CC1. The summed E-state index contributed by atoms with van der Waals surface area (Å²) >= 11 is 0. The van der Waals surface area contributed by atoms with Gasteiger partial charge in [-0.1, -0.05) is 32.1 Å². The molecule has 0 radical (unpaired) electrons. The molecule has 0 aromatic heterocycles. The number of carbonyl (C=O) groups excluding carboxylic acids is 3. The van der Waals surface area contributed by atoms with E-state index in [1.165, 1.54) is 6.42 Å². The van der Waals surface area contributed by atoms with Crippen LogP contribution in [0.1, 0.15) is 65.2 Å². The molecule has 1 atom stereocenters. The van der Waals surface area contributed by atoms with E-state index in [1.54, 1.807) is 18.7 Å². The van der Waals surface area contributed by atoms with E-state index in [-0.39, 0.29) is 24.4 Å². The van der Waals surface area contributed by atoms with Crippen molar-refractivity contribution in [2.75, 3.05) is 52.9 Å². The number of aliphatic imine (C=N–C) groups is 1. The second-order valence-electron chi connectivity index (χ2n) is 10.5. The van der Waals surface area contributed by atoms with Gasteiger partial charge in [-0.15, -0.1) is 0 Å². The van der Waals surface area contributed by atoms with Crippen LogP contribution in [0.3, 0.4) is 0 Å². The number of amides is 3. The van der Waals surface area contributed by atoms with Crippen molar-refractivity contribution in [1.29, 1.82) is 5.26 Å². The summed E-state index contributed by atoms with van der Waals surface area (Å²) in [4.78, 5) is 48.5. The number of ether oxygens (including phenoxy) is 1. The van der Waals surface area contributed by atoms with Gasteiger partial charge in [0.2, 0.25) is 17.8 Å². The maximum Gasteiger partial charge on any atom is 0.413 e. The number of carbonyl (C=O) groups is 3. The largest absolute Gasteiger partial charge is 0.450 e. The standard InChI is InChI=1S/C26H43N7O4/c1-4-37-25(36)29-24(33-16-14-32(15-17-33)20(2)34)28-22(18-21-8-6-5-7-9-21)23(35)30-26(19-27)10-12-31(3)13-11-26/h21-22H,4-18H2,1-3H3,(H,30,35)(H,28,29,36). The number of hydrogen-bond acceptors (Lipinski definition) is 7. The molecule has 0 bridgehead atoms. The predicted octanol–water partition coefficient (Wildman–Crippen LogP) is 1.70. The fraction of sp³-hybridized carbons (Fsp3) is 0.808. The molecule has 2 heterocycles. The minimum atomic E-state index is -0.911. The van der Waals surface area contributed by atoms with E-state index in [4.69, 9.17) is 9.73 Å². The minimum Gasteiger partial charge on any atom is -0.450 e. The maximum absolute atomic E-state index is 13.7. The Kier molecular flexibility index (Phi) is 10.6. The number of nitriles is 1. The third-order valence-electron chi connectivity index (χ3n) is 7.79. The number of guanidine groups is 1. The number of hydrogen-bond donors (Lipinski definition) is 2. The quantitative estimate of drug-likeness (QED) is 0.405. The first-order valence-electron chi connectivity index (χ1n) is 13.7. The summed E-state index contributed by atoms with van der Waals surface area (Å²) < 4.78 is 5.11. The molecule has 1 unspecified atom stereocenters. The average molecular weight is 518 g/mol. The first kappa shape index (κ1) is 28.7. The number of nitrogens with one attached hydrogen (secondary N) is 2. The summed E-state index contributed by atoms with van der Waals surface area (Å²) in [6, 6.07) is 1.62. The van der Waals surface area contributed by atoms with Gasteiger partial charge in [-0.3, -0.25) is 14.9 Å². The van der Waals surface area contributed by atoms with Crippen LogP contribution in [0, 0.1) is 17.2 Å². The fourth-order valence-corrected chi connectivity index (χ4v) is 5.37. The average Bonchev–Trinajstić information content (AvgIpc) is 2.90. The summed E-state index contributed by atoms with van der Waals surface area (Å²) in [5, 5.41) is 15.8. The first-order chi connectivity index (χ1) is 17.7. The molecule has 2 saturated heterocycles. The molecule has 0 aromatic rings. The number of piperazine rings is 1. The van der Waals surface area contributed by atoms with Crippen molar-refractivity contribution >= 4 is 23.9 Å². The molecule has 0 aromatic carbocycles. The Morgan fingerprint density at radius 1 is 1.05 bits per heavy atom. The second kappa shape index (κ2) is 13.6. The van der Waals surface area contributed by atoms with Crippen LogP contribution >= 0.6 is 0 Å².